The van der Waals surface area contributed by atoms with Gasteiger partial charge in [-0.05, 0) is 38.4 Å². The number of nitrogens with zero attached hydrogens (tertiary/aromatic N) is 2. The van der Waals surface area contributed by atoms with Crippen molar-refractivity contribution in [1.82, 2.24) is 4.90 Å². The fourth-order valence-electron chi connectivity index (χ4n) is 2.93. The summed E-state index contributed by atoms with van der Waals surface area (Å²) >= 11 is 0. The first kappa shape index (κ1) is 13.9. The lowest BCUT2D eigenvalue weighted by atomic mass is 10.0. The number of aryl methyl sites for hydroxylation is 1. The molecule has 2 rings (SSSR count). The molecule has 0 saturated carbocycles. The molecule has 2 unspecified atom stereocenters. The molecule has 2 N–H and O–H groups in total. The van der Waals surface area contributed by atoms with Gasteiger partial charge in [-0.2, -0.15) is 0 Å². The molecule has 1 amide bonds. The quantitative estimate of drug-likeness (QED) is 0.894. The summed E-state index contributed by atoms with van der Waals surface area (Å²) < 4.78 is 0. The number of carbonyl (C=O) groups is 1. The van der Waals surface area contributed by atoms with Gasteiger partial charge in [-0.1, -0.05) is 18.2 Å². The van der Waals surface area contributed by atoms with Crippen molar-refractivity contribution in [3.63, 3.8) is 0 Å². The molecule has 1 aliphatic heterocycles. The van der Waals surface area contributed by atoms with E-state index in [0.717, 1.165) is 12.2 Å². The maximum Gasteiger partial charge on any atom is 0.245 e. The predicted octanol–water partition coefficient (Wildman–Crippen LogP) is 1.38. The summed E-state index contributed by atoms with van der Waals surface area (Å²) in [4.78, 5) is 16.4. The maximum absolute atomic E-state index is 12.4. The van der Waals surface area contributed by atoms with Gasteiger partial charge in [0.05, 0.1) is 0 Å². The zero-order chi connectivity index (χ0) is 14.0. The number of carbonyl (C=O) groups excluding carboxylic acids is 1. The molecule has 1 heterocycles. The Kier molecular flexibility index (Phi) is 4.10. The van der Waals surface area contributed by atoms with Crippen LogP contribution in [0.4, 0.5) is 5.69 Å². The van der Waals surface area contributed by atoms with Crippen LogP contribution in [-0.4, -0.2) is 43.0 Å². The van der Waals surface area contributed by atoms with Crippen molar-refractivity contribution in [3.05, 3.63) is 29.8 Å². The summed E-state index contributed by atoms with van der Waals surface area (Å²) in [7, 11) is 1.87. The number of amides is 1. The van der Waals surface area contributed by atoms with Gasteiger partial charge in [0.2, 0.25) is 5.91 Å². The van der Waals surface area contributed by atoms with Gasteiger partial charge >= 0.3 is 0 Å². The van der Waals surface area contributed by atoms with Gasteiger partial charge in [0, 0.05) is 25.3 Å². The van der Waals surface area contributed by atoms with Gasteiger partial charge in [0.15, 0.2) is 0 Å². The van der Waals surface area contributed by atoms with Crippen LogP contribution in [0.1, 0.15) is 18.9 Å². The summed E-state index contributed by atoms with van der Waals surface area (Å²) in [5.74, 6) is 0.173. The molecule has 1 aromatic carbocycles. The lowest BCUT2D eigenvalue weighted by Gasteiger charge is -2.45. The van der Waals surface area contributed by atoms with Crippen molar-refractivity contribution < 1.29 is 4.79 Å². The zero-order valence-corrected chi connectivity index (χ0v) is 12.0. The molecule has 1 fully saturated rings. The van der Waals surface area contributed by atoms with Crippen molar-refractivity contribution in [1.29, 1.82) is 0 Å². The van der Waals surface area contributed by atoms with Gasteiger partial charge in [-0.3, -0.25) is 4.79 Å². The molecule has 0 radical (unpaired) electrons. The van der Waals surface area contributed by atoms with Gasteiger partial charge in [0.1, 0.15) is 6.04 Å². The second-order valence-corrected chi connectivity index (χ2v) is 5.35. The van der Waals surface area contributed by atoms with E-state index in [9.17, 15) is 4.79 Å². The highest BCUT2D eigenvalue weighted by atomic mass is 16.2. The number of hydrogen-bond donors (Lipinski definition) is 1. The average Bonchev–Trinajstić information content (AvgIpc) is 2.38. The molecule has 19 heavy (non-hydrogen) atoms. The van der Waals surface area contributed by atoms with Crippen LogP contribution < -0.4 is 10.6 Å². The van der Waals surface area contributed by atoms with E-state index in [1.165, 1.54) is 5.56 Å². The molecule has 2 atom stereocenters. The number of likely N-dealkylation sites (N-methyl/N-ethyl adjacent to an activating group) is 1. The van der Waals surface area contributed by atoms with Crippen LogP contribution in [0, 0.1) is 6.92 Å². The van der Waals surface area contributed by atoms with Crippen molar-refractivity contribution in [2.75, 3.05) is 25.0 Å². The SMILES string of the molecule is Cc1ccccc1N1C(C)CN(C)C(=O)C1CCN. The number of rotatable bonds is 3. The third-order valence-electron chi connectivity index (χ3n) is 3.84. The minimum Gasteiger partial charge on any atom is -0.355 e. The minimum atomic E-state index is -0.139. The standard InChI is InChI=1S/C15H23N3O/c1-11-6-4-5-7-13(11)18-12(2)10-17(3)15(19)14(18)8-9-16/h4-7,12,14H,8-10,16H2,1-3H3. The van der Waals surface area contributed by atoms with Gasteiger partial charge in [0.25, 0.3) is 0 Å². The van der Waals surface area contributed by atoms with E-state index >= 15 is 0 Å². The Morgan fingerprint density at radius 2 is 2.05 bits per heavy atom. The molecular formula is C15H23N3O. The van der Waals surface area contributed by atoms with E-state index in [0.29, 0.717) is 19.0 Å². The molecular weight excluding hydrogens is 238 g/mol. The normalized spacial score (nSPS) is 23.9. The van der Waals surface area contributed by atoms with Crippen LogP contribution in [-0.2, 0) is 4.79 Å². The summed E-state index contributed by atoms with van der Waals surface area (Å²) in [5.41, 5.74) is 8.04. The first-order valence-electron chi connectivity index (χ1n) is 6.85. The van der Waals surface area contributed by atoms with Crippen molar-refractivity contribution >= 4 is 11.6 Å². The summed E-state index contributed by atoms with van der Waals surface area (Å²) in [6.45, 7) is 5.54. The van der Waals surface area contributed by atoms with Crippen molar-refractivity contribution in [3.8, 4) is 0 Å². The molecule has 0 aliphatic carbocycles. The Morgan fingerprint density at radius 1 is 1.37 bits per heavy atom. The second kappa shape index (κ2) is 5.61. The van der Waals surface area contributed by atoms with Crippen LogP contribution in [0.2, 0.25) is 0 Å². The minimum absolute atomic E-state index is 0.139. The molecule has 0 aromatic heterocycles. The Morgan fingerprint density at radius 3 is 2.68 bits per heavy atom. The monoisotopic (exact) mass is 261 g/mol. The van der Waals surface area contributed by atoms with Crippen LogP contribution in [0.15, 0.2) is 24.3 Å². The zero-order valence-electron chi connectivity index (χ0n) is 12.0. The van der Waals surface area contributed by atoms with Crippen LogP contribution in [0.25, 0.3) is 0 Å². The third-order valence-corrected chi connectivity index (χ3v) is 3.84. The fraction of sp³-hybridized carbons (Fsp3) is 0.533. The number of hydrogen-bond acceptors (Lipinski definition) is 3. The largest absolute Gasteiger partial charge is 0.355 e. The van der Waals surface area contributed by atoms with Gasteiger partial charge in [-0.15, -0.1) is 0 Å². The van der Waals surface area contributed by atoms with Gasteiger partial charge in [-0.25, -0.2) is 0 Å². The molecule has 0 bridgehead atoms. The number of anilines is 1. The summed E-state index contributed by atoms with van der Waals surface area (Å²) in [6.07, 6.45) is 0.696. The average molecular weight is 261 g/mol. The third kappa shape index (κ3) is 2.59. The summed E-state index contributed by atoms with van der Waals surface area (Å²) in [5, 5.41) is 0. The van der Waals surface area contributed by atoms with E-state index in [1.807, 2.05) is 24.1 Å². The van der Waals surface area contributed by atoms with E-state index in [1.54, 1.807) is 0 Å². The number of para-hydroxylation sites is 1. The molecule has 0 spiro atoms. The van der Waals surface area contributed by atoms with Gasteiger partial charge < -0.3 is 15.5 Å². The van der Waals surface area contributed by atoms with Crippen LogP contribution >= 0.6 is 0 Å². The molecule has 1 saturated heterocycles. The Labute approximate surface area is 115 Å². The number of nitrogens with two attached hydrogens (primary N) is 1. The maximum atomic E-state index is 12.4. The fourth-order valence-corrected chi connectivity index (χ4v) is 2.93. The molecule has 1 aromatic rings. The Hall–Kier alpha value is -1.55. The van der Waals surface area contributed by atoms with Crippen molar-refractivity contribution in [2.45, 2.75) is 32.4 Å². The van der Waals surface area contributed by atoms with Crippen LogP contribution in [0.3, 0.4) is 0 Å². The molecule has 1 aliphatic rings. The topological polar surface area (TPSA) is 49.6 Å². The smallest absolute Gasteiger partial charge is 0.245 e. The lowest BCUT2D eigenvalue weighted by Crippen LogP contribution is -2.60. The number of piperazine rings is 1. The Bertz CT molecular complexity index is 460. The first-order valence-corrected chi connectivity index (χ1v) is 6.85. The molecule has 104 valence electrons. The lowest BCUT2D eigenvalue weighted by molar-refractivity contribution is -0.133. The number of benzene rings is 1. The highest BCUT2D eigenvalue weighted by Crippen LogP contribution is 2.28. The van der Waals surface area contributed by atoms with E-state index < -0.39 is 0 Å². The second-order valence-electron chi connectivity index (χ2n) is 5.35. The van der Waals surface area contributed by atoms with E-state index in [2.05, 4.69) is 30.9 Å². The van der Waals surface area contributed by atoms with E-state index in [4.69, 9.17) is 5.73 Å². The Balaban J connectivity index is 2.39. The molecule has 4 nitrogen and oxygen atoms in total. The highest BCUT2D eigenvalue weighted by molar-refractivity contribution is 5.87. The van der Waals surface area contributed by atoms with Crippen molar-refractivity contribution in [2.24, 2.45) is 5.73 Å². The molecule has 4 heteroatoms. The summed E-state index contributed by atoms with van der Waals surface area (Å²) in [6, 6.07) is 8.40. The first-order chi connectivity index (χ1) is 9.06. The highest BCUT2D eigenvalue weighted by Gasteiger charge is 2.37. The predicted molar refractivity (Wildman–Crippen MR) is 78.2 cm³/mol. The van der Waals surface area contributed by atoms with E-state index in [-0.39, 0.29) is 11.9 Å². The van der Waals surface area contributed by atoms with Crippen LogP contribution in [0.5, 0.6) is 0 Å².